The van der Waals surface area contributed by atoms with E-state index >= 15 is 0 Å². The summed E-state index contributed by atoms with van der Waals surface area (Å²) < 4.78 is 10.4. The van der Waals surface area contributed by atoms with Crippen LogP contribution in [-0.2, 0) is 51.1 Å². The summed E-state index contributed by atoms with van der Waals surface area (Å²) in [5.74, 6) is -3.67. The molecule has 0 aromatic heterocycles. The smallest absolute Gasteiger partial charge is 0.324 e. The van der Waals surface area contributed by atoms with Crippen molar-refractivity contribution in [2.75, 3.05) is 39.6 Å². The van der Waals surface area contributed by atoms with Crippen molar-refractivity contribution in [2.45, 2.75) is 50.9 Å². The van der Waals surface area contributed by atoms with Gasteiger partial charge in [0.1, 0.15) is 12.1 Å². The molecule has 46 heavy (non-hydrogen) atoms. The zero-order chi connectivity index (χ0) is 33.4. The number of benzene rings is 2. The van der Waals surface area contributed by atoms with Gasteiger partial charge in [0, 0.05) is 12.1 Å². The Labute approximate surface area is 267 Å². The molecule has 4 N–H and O–H groups in total. The Morgan fingerprint density at radius 1 is 0.609 bits per heavy atom. The Morgan fingerprint density at radius 2 is 0.913 bits per heavy atom. The van der Waals surface area contributed by atoms with E-state index in [1.54, 1.807) is 23.6 Å². The number of piperazine rings is 2. The van der Waals surface area contributed by atoms with Gasteiger partial charge in [-0.25, -0.2) is 9.80 Å². The SMILES string of the molecule is C[C@H]([C@H](C)N1CC(=O)N(COC(=O)[C@@H](N)Cc2ccccc2)C(=O)C1)N1CC(=O)N(COC(=O)[C@@H](N)Cc2ccccc2)C(=O)C1. The normalized spacial score (nSPS) is 19.0. The van der Waals surface area contributed by atoms with E-state index in [0.717, 1.165) is 20.9 Å². The number of esters is 2. The Kier molecular flexibility index (Phi) is 11.7. The van der Waals surface area contributed by atoms with Gasteiger partial charge in [0.15, 0.2) is 13.5 Å². The van der Waals surface area contributed by atoms with Crippen molar-refractivity contribution < 1.29 is 38.2 Å². The summed E-state index contributed by atoms with van der Waals surface area (Å²) in [5, 5.41) is 0. The highest BCUT2D eigenvalue weighted by Crippen LogP contribution is 2.18. The lowest BCUT2D eigenvalue weighted by Gasteiger charge is -2.43. The average Bonchev–Trinajstić information content (AvgIpc) is 3.03. The van der Waals surface area contributed by atoms with Crippen molar-refractivity contribution >= 4 is 35.6 Å². The molecule has 0 unspecified atom stereocenters. The maximum absolute atomic E-state index is 12.9. The summed E-state index contributed by atoms with van der Waals surface area (Å²) in [5.41, 5.74) is 13.6. The lowest BCUT2D eigenvalue weighted by Crippen LogP contribution is -2.63. The molecule has 14 heteroatoms. The van der Waals surface area contributed by atoms with Crippen molar-refractivity contribution in [3.8, 4) is 0 Å². The molecule has 2 aromatic carbocycles. The number of nitrogens with two attached hydrogens (primary N) is 2. The molecule has 2 aliphatic heterocycles. The minimum Gasteiger partial charge on any atom is -0.443 e. The van der Waals surface area contributed by atoms with E-state index in [1.165, 1.54) is 0 Å². The van der Waals surface area contributed by atoms with Crippen LogP contribution < -0.4 is 11.5 Å². The number of rotatable bonds is 13. The fourth-order valence-electron chi connectivity index (χ4n) is 5.27. The predicted octanol–water partition coefficient (Wildman–Crippen LogP) is -0.754. The first-order valence-corrected chi connectivity index (χ1v) is 15.0. The van der Waals surface area contributed by atoms with Gasteiger partial charge < -0.3 is 20.9 Å². The topological polar surface area (TPSA) is 186 Å². The Hall–Kier alpha value is -4.50. The third kappa shape index (κ3) is 8.81. The molecule has 2 aromatic rings. The molecule has 4 atom stereocenters. The highest BCUT2D eigenvalue weighted by Gasteiger charge is 2.40. The zero-order valence-electron chi connectivity index (χ0n) is 25.9. The fourth-order valence-corrected chi connectivity index (χ4v) is 5.27. The van der Waals surface area contributed by atoms with Crippen LogP contribution in [0.15, 0.2) is 60.7 Å². The van der Waals surface area contributed by atoms with Crippen LogP contribution in [0.25, 0.3) is 0 Å². The minimum absolute atomic E-state index is 0.133. The molecular formula is C32H40N6O8. The molecule has 2 heterocycles. The number of hydrogen-bond donors (Lipinski definition) is 2. The van der Waals surface area contributed by atoms with E-state index in [1.807, 2.05) is 60.7 Å². The van der Waals surface area contributed by atoms with Gasteiger partial charge in [0.05, 0.1) is 26.2 Å². The van der Waals surface area contributed by atoms with Gasteiger partial charge in [0.2, 0.25) is 23.6 Å². The highest BCUT2D eigenvalue weighted by atomic mass is 16.6. The van der Waals surface area contributed by atoms with E-state index in [4.69, 9.17) is 20.9 Å². The Morgan fingerprint density at radius 3 is 1.22 bits per heavy atom. The summed E-state index contributed by atoms with van der Waals surface area (Å²) in [6.07, 6.45) is 0.496. The molecular weight excluding hydrogens is 596 g/mol. The number of amides is 4. The first-order valence-electron chi connectivity index (χ1n) is 15.0. The van der Waals surface area contributed by atoms with Crippen molar-refractivity contribution in [1.29, 1.82) is 0 Å². The highest BCUT2D eigenvalue weighted by molar-refractivity contribution is 6.00. The van der Waals surface area contributed by atoms with Gasteiger partial charge in [-0.3, -0.25) is 38.6 Å². The second-order valence-corrected chi connectivity index (χ2v) is 11.5. The monoisotopic (exact) mass is 636 g/mol. The fraction of sp³-hybridized carbons (Fsp3) is 0.438. The molecule has 2 aliphatic rings. The molecule has 246 valence electrons. The molecule has 2 fully saturated rings. The van der Waals surface area contributed by atoms with E-state index in [-0.39, 0.29) is 39.0 Å². The van der Waals surface area contributed by atoms with Gasteiger partial charge in [0.25, 0.3) is 0 Å². The molecule has 0 aliphatic carbocycles. The largest absolute Gasteiger partial charge is 0.443 e. The summed E-state index contributed by atoms with van der Waals surface area (Å²) >= 11 is 0. The molecule has 0 bridgehead atoms. The van der Waals surface area contributed by atoms with Crippen LogP contribution in [-0.4, -0.2) is 119 Å². The van der Waals surface area contributed by atoms with Crippen molar-refractivity contribution in [3.63, 3.8) is 0 Å². The second kappa shape index (κ2) is 15.7. The quantitative estimate of drug-likeness (QED) is 0.207. The van der Waals surface area contributed by atoms with Gasteiger partial charge in [-0.05, 0) is 37.8 Å². The number of nitrogens with zero attached hydrogens (tertiary/aromatic N) is 4. The van der Waals surface area contributed by atoms with E-state index < -0.39 is 73.2 Å². The number of ether oxygens (including phenoxy) is 2. The third-order valence-corrected chi connectivity index (χ3v) is 8.28. The van der Waals surface area contributed by atoms with Gasteiger partial charge in [-0.15, -0.1) is 0 Å². The molecule has 0 saturated carbocycles. The standard InChI is InChI=1S/C32H40N6O8/c1-21(35-15-27(39)37(28(40)16-35)19-45-31(43)25(33)13-23-9-5-3-6-10-23)22(2)36-17-29(41)38(30(42)18-36)20-46-32(44)26(34)14-24-11-7-4-8-12-24/h3-12,21-22,25-26H,13-20,33-34H2,1-2H3/t21-,22+,25-,26-/m0/s1. The number of imide groups is 2. The van der Waals surface area contributed by atoms with Crippen LogP contribution in [0.2, 0.25) is 0 Å². The maximum Gasteiger partial charge on any atom is 0.324 e. The maximum atomic E-state index is 12.9. The Bertz CT molecular complexity index is 1280. The van der Waals surface area contributed by atoms with Crippen molar-refractivity contribution in [3.05, 3.63) is 71.8 Å². The molecule has 0 radical (unpaired) electrons. The summed E-state index contributed by atoms with van der Waals surface area (Å²) in [6, 6.07) is 15.6. The lowest BCUT2D eigenvalue weighted by molar-refractivity contribution is -0.169. The van der Waals surface area contributed by atoms with Crippen LogP contribution in [0.1, 0.15) is 25.0 Å². The Balaban J connectivity index is 1.23. The minimum atomic E-state index is -0.954. The summed E-state index contributed by atoms with van der Waals surface area (Å²) in [6.45, 7) is 1.98. The van der Waals surface area contributed by atoms with Crippen molar-refractivity contribution in [2.24, 2.45) is 11.5 Å². The van der Waals surface area contributed by atoms with E-state index in [0.29, 0.717) is 0 Å². The van der Waals surface area contributed by atoms with E-state index in [9.17, 15) is 28.8 Å². The number of hydrogen-bond acceptors (Lipinski definition) is 12. The predicted molar refractivity (Wildman–Crippen MR) is 164 cm³/mol. The molecule has 2 saturated heterocycles. The first kappa shape index (κ1) is 34.4. The number of carbonyl (C=O) groups excluding carboxylic acids is 6. The van der Waals surface area contributed by atoms with Crippen LogP contribution in [0.3, 0.4) is 0 Å². The van der Waals surface area contributed by atoms with Crippen LogP contribution in [0, 0.1) is 0 Å². The van der Waals surface area contributed by atoms with Gasteiger partial charge in [-0.2, -0.15) is 0 Å². The molecule has 0 spiro atoms. The molecule has 4 rings (SSSR count). The van der Waals surface area contributed by atoms with Crippen LogP contribution in [0.4, 0.5) is 0 Å². The third-order valence-electron chi connectivity index (χ3n) is 8.28. The van der Waals surface area contributed by atoms with Gasteiger partial charge >= 0.3 is 11.9 Å². The first-order chi connectivity index (χ1) is 21.9. The molecule has 4 amide bonds. The summed E-state index contributed by atoms with van der Waals surface area (Å²) in [7, 11) is 0. The van der Waals surface area contributed by atoms with E-state index in [2.05, 4.69) is 0 Å². The zero-order valence-corrected chi connectivity index (χ0v) is 25.9. The molecule has 14 nitrogen and oxygen atoms in total. The summed E-state index contributed by atoms with van der Waals surface area (Å²) in [4.78, 5) is 81.3. The average molecular weight is 637 g/mol. The van der Waals surface area contributed by atoms with Crippen LogP contribution in [0.5, 0.6) is 0 Å². The second-order valence-electron chi connectivity index (χ2n) is 11.5. The van der Waals surface area contributed by atoms with Crippen LogP contribution >= 0.6 is 0 Å². The lowest BCUT2D eigenvalue weighted by atomic mass is 10.1. The van der Waals surface area contributed by atoms with Crippen molar-refractivity contribution in [1.82, 2.24) is 19.6 Å². The number of carbonyl (C=O) groups is 6. The van der Waals surface area contributed by atoms with Gasteiger partial charge in [-0.1, -0.05) is 60.7 Å².